The number of aryl methyl sites for hydroxylation is 1. The lowest BCUT2D eigenvalue weighted by Gasteiger charge is -2.21. The molecule has 2 aromatic carbocycles. The minimum absolute atomic E-state index is 0.0957. The number of aromatic nitrogens is 2. The van der Waals surface area contributed by atoms with E-state index in [0.29, 0.717) is 17.1 Å². The van der Waals surface area contributed by atoms with E-state index < -0.39 is 5.97 Å². The largest absolute Gasteiger partial charge is 0.478 e. The first-order chi connectivity index (χ1) is 12.5. The van der Waals surface area contributed by atoms with Crippen LogP contribution < -0.4 is 4.90 Å². The van der Waals surface area contributed by atoms with Gasteiger partial charge < -0.3 is 5.11 Å². The highest BCUT2D eigenvalue weighted by molar-refractivity contribution is 6.00. The number of benzene rings is 2. The Bertz CT molecular complexity index is 954. The van der Waals surface area contributed by atoms with Crippen molar-refractivity contribution in [1.82, 2.24) is 9.97 Å². The molecule has 0 aliphatic rings. The molecule has 0 saturated heterocycles. The average Bonchev–Trinajstić information content (AvgIpc) is 2.63. The minimum atomic E-state index is -1.06. The van der Waals surface area contributed by atoms with Gasteiger partial charge in [-0.1, -0.05) is 29.8 Å². The summed E-state index contributed by atoms with van der Waals surface area (Å²) in [5, 5.41) is 9.49. The Labute approximate surface area is 150 Å². The van der Waals surface area contributed by atoms with Gasteiger partial charge in [-0.2, -0.15) is 0 Å². The summed E-state index contributed by atoms with van der Waals surface area (Å²) >= 11 is 0. The van der Waals surface area contributed by atoms with Crippen molar-refractivity contribution in [2.45, 2.75) is 13.8 Å². The maximum Gasteiger partial charge on any atom is 0.335 e. The zero-order chi connectivity index (χ0) is 18.7. The molecule has 0 saturated carbocycles. The average molecular weight is 347 g/mol. The summed E-state index contributed by atoms with van der Waals surface area (Å²) in [5.41, 5.74) is 3.21. The van der Waals surface area contributed by atoms with Crippen LogP contribution >= 0.6 is 0 Å². The number of amides is 1. The Kier molecular flexibility index (Phi) is 4.75. The van der Waals surface area contributed by atoms with E-state index in [1.54, 1.807) is 18.2 Å². The molecule has 0 bridgehead atoms. The first-order valence-corrected chi connectivity index (χ1v) is 7.98. The summed E-state index contributed by atoms with van der Waals surface area (Å²) in [5.74, 6) is -0.961. The van der Waals surface area contributed by atoms with E-state index in [-0.39, 0.29) is 11.5 Å². The fourth-order valence-corrected chi connectivity index (χ4v) is 2.67. The van der Waals surface area contributed by atoms with Gasteiger partial charge in [0.1, 0.15) is 12.1 Å². The minimum Gasteiger partial charge on any atom is -0.478 e. The molecule has 1 amide bonds. The van der Waals surface area contributed by atoms with E-state index in [2.05, 4.69) is 9.97 Å². The van der Waals surface area contributed by atoms with Crippen LogP contribution in [0.15, 0.2) is 61.1 Å². The summed E-state index contributed by atoms with van der Waals surface area (Å²) in [6.45, 7) is 3.39. The summed E-state index contributed by atoms with van der Waals surface area (Å²) < 4.78 is 0. The number of rotatable bonds is 4. The van der Waals surface area contributed by atoms with Gasteiger partial charge in [0.05, 0.1) is 11.3 Å². The summed E-state index contributed by atoms with van der Waals surface area (Å²) in [4.78, 5) is 33.2. The monoisotopic (exact) mass is 347 g/mol. The zero-order valence-corrected chi connectivity index (χ0v) is 14.4. The van der Waals surface area contributed by atoms with Gasteiger partial charge in [0, 0.05) is 13.1 Å². The van der Waals surface area contributed by atoms with Crippen LogP contribution in [0.1, 0.15) is 22.8 Å². The highest BCUT2D eigenvalue weighted by Crippen LogP contribution is 2.30. The Morgan fingerprint density at radius 1 is 1.00 bits per heavy atom. The molecule has 3 aromatic rings. The summed E-state index contributed by atoms with van der Waals surface area (Å²) in [6.07, 6.45) is 2.87. The van der Waals surface area contributed by atoms with Crippen molar-refractivity contribution in [2.75, 3.05) is 4.90 Å². The normalized spacial score (nSPS) is 10.4. The van der Waals surface area contributed by atoms with Gasteiger partial charge in [0.2, 0.25) is 5.91 Å². The van der Waals surface area contributed by atoms with Crippen LogP contribution in [0.25, 0.3) is 11.1 Å². The van der Waals surface area contributed by atoms with E-state index in [0.717, 1.165) is 11.1 Å². The molecule has 0 aliphatic carbocycles. The molecule has 0 atom stereocenters. The second-order valence-corrected chi connectivity index (χ2v) is 5.86. The lowest BCUT2D eigenvalue weighted by Crippen LogP contribution is -2.24. The maximum absolute atomic E-state index is 12.2. The molecule has 0 spiro atoms. The van der Waals surface area contributed by atoms with Gasteiger partial charge in [-0.3, -0.25) is 9.69 Å². The van der Waals surface area contributed by atoms with Gasteiger partial charge in [0.25, 0.3) is 0 Å². The highest BCUT2D eigenvalue weighted by atomic mass is 16.4. The van der Waals surface area contributed by atoms with Crippen LogP contribution in [0, 0.1) is 6.92 Å². The van der Waals surface area contributed by atoms with Crippen molar-refractivity contribution in [3.63, 3.8) is 0 Å². The Balaban J connectivity index is 2.18. The van der Waals surface area contributed by atoms with Gasteiger partial charge in [-0.25, -0.2) is 14.8 Å². The lowest BCUT2D eigenvalue weighted by molar-refractivity contribution is -0.115. The van der Waals surface area contributed by atoms with E-state index in [1.165, 1.54) is 30.4 Å². The van der Waals surface area contributed by atoms with Crippen molar-refractivity contribution in [3.8, 4) is 11.1 Å². The Hall–Kier alpha value is -3.54. The predicted molar refractivity (Wildman–Crippen MR) is 98.4 cm³/mol. The van der Waals surface area contributed by atoms with Crippen molar-refractivity contribution < 1.29 is 14.7 Å². The molecule has 26 heavy (non-hydrogen) atoms. The van der Waals surface area contributed by atoms with E-state index in [1.807, 2.05) is 31.2 Å². The highest BCUT2D eigenvalue weighted by Gasteiger charge is 2.18. The van der Waals surface area contributed by atoms with E-state index in [4.69, 9.17) is 0 Å². The lowest BCUT2D eigenvalue weighted by atomic mass is 10.0. The molecule has 0 fully saturated rings. The first-order valence-electron chi connectivity index (χ1n) is 7.98. The molecule has 1 N–H and O–H groups in total. The van der Waals surface area contributed by atoms with Crippen LogP contribution in [0.5, 0.6) is 0 Å². The van der Waals surface area contributed by atoms with Gasteiger partial charge in [0.15, 0.2) is 0 Å². The van der Waals surface area contributed by atoms with Crippen LogP contribution in [0.2, 0.25) is 0 Å². The molecule has 0 aliphatic heterocycles. The molecule has 6 nitrogen and oxygen atoms in total. The third-order valence-electron chi connectivity index (χ3n) is 3.92. The van der Waals surface area contributed by atoms with Crippen LogP contribution in [-0.4, -0.2) is 27.0 Å². The van der Waals surface area contributed by atoms with Crippen molar-refractivity contribution >= 4 is 23.4 Å². The van der Waals surface area contributed by atoms with E-state index in [9.17, 15) is 14.7 Å². The van der Waals surface area contributed by atoms with Crippen LogP contribution in [0.4, 0.5) is 11.5 Å². The van der Waals surface area contributed by atoms with Gasteiger partial charge in [-0.15, -0.1) is 0 Å². The third kappa shape index (κ3) is 3.59. The molecular formula is C20H17N3O3. The zero-order valence-electron chi connectivity index (χ0n) is 14.4. The molecular weight excluding hydrogens is 330 g/mol. The van der Waals surface area contributed by atoms with Gasteiger partial charge >= 0.3 is 5.97 Å². The van der Waals surface area contributed by atoms with Crippen LogP contribution in [-0.2, 0) is 4.79 Å². The number of hydrogen-bond acceptors (Lipinski definition) is 4. The quantitative estimate of drug-likeness (QED) is 0.775. The maximum atomic E-state index is 12.2. The second-order valence-electron chi connectivity index (χ2n) is 5.86. The fourth-order valence-electron chi connectivity index (χ4n) is 2.67. The summed E-state index contributed by atoms with van der Waals surface area (Å²) in [6, 6.07) is 14.2. The SMILES string of the molecule is CC(=O)N(c1cc(C(=O)O)cc(-c2ccc(C)cc2)c1)c1ccncn1. The standard InChI is InChI=1S/C20H17N3O3/c1-13-3-5-15(6-4-13)16-9-17(20(25)26)11-18(10-16)23(14(2)24)19-7-8-21-12-22-19/h3-12H,1-2H3,(H,25,26). The molecule has 6 heteroatoms. The molecule has 0 unspecified atom stereocenters. The predicted octanol–water partition coefficient (Wildman–Crippen LogP) is 3.83. The number of aromatic carboxylic acids is 1. The number of anilines is 2. The topological polar surface area (TPSA) is 83.4 Å². The molecule has 0 radical (unpaired) electrons. The number of carboxylic acid groups (broad SMARTS) is 1. The van der Waals surface area contributed by atoms with Crippen molar-refractivity contribution in [1.29, 1.82) is 0 Å². The first kappa shape index (κ1) is 17.3. The summed E-state index contributed by atoms with van der Waals surface area (Å²) in [7, 11) is 0. The Morgan fingerprint density at radius 2 is 1.73 bits per heavy atom. The van der Waals surface area contributed by atoms with Crippen molar-refractivity contribution in [3.05, 3.63) is 72.2 Å². The smallest absolute Gasteiger partial charge is 0.335 e. The molecule has 3 rings (SSSR count). The second kappa shape index (κ2) is 7.14. The number of carbonyl (C=O) groups excluding carboxylic acids is 1. The van der Waals surface area contributed by atoms with E-state index >= 15 is 0 Å². The number of nitrogens with zero attached hydrogens (tertiary/aromatic N) is 3. The Morgan fingerprint density at radius 3 is 2.31 bits per heavy atom. The van der Waals surface area contributed by atoms with Crippen LogP contribution in [0.3, 0.4) is 0 Å². The molecule has 1 heterocycles. The molecule has 1 aromatic heterocycles. The third-order valence-corrected chi connectivity index (χ3v) is 3.92. The number of hydrogen-bond donors (Lipinski definition) is 1. The number of carbonyl (C=O) groups is 2. The number of carboxylic acids is 1. The molecule has 130 valence electrons. The van der Waals surface area contributed by atoms with Gasteiger partial charge in [-0.05, 0) is 42.3 Å². The van der Waals surface area contributed by atoms with Crippen molar-refractivity contribution in [2.24, 2.45) is 0 Å². The fraction of sp³-hybridized carbons (Fsp3) is 0.100.